The number of carbonyl (C=O) groups is 2. The third kappa shape index (κ3) is 4.90. The van der Waals surface area contributed by atoms with E-state index >= 15 is 0 Å². The van der Waals surface area contributed by atoms with Gasteiger partial charge in [-0.3, -0.25) is 9.59 Å². The van der Waals surface area contributed by atoms with Crippen molar-refractivity contribution in [3.63, 3.8) is 0 Å². The number of hydrogen-bond acceptors (Lipinski definition) is 4. The van der Waals surface area contributed by atoms with E-state index in [1.165, 1.54) is 0 Å². The molecule has 4 atom stereocenters. The predicted octanol–water partition coefficient (Wildman–Crippen LogP) is 5.72. The third-order valence-electron chi connectivity index (χ3n) is 8.40. The third-order valence-corrected chi connectivity index (χ3v) is 12.0. The molecule has 3 fully saturated rings. The molecule has 5 rings (SSSR count). The largest absolute Gasteiger partial charge is 0.481 e. The molecular weight excluding hydrogens is 533 g/mol. The molecule has 2 N–H and O–H groups in total. The number of aliphatic carboxylic acids is 1. The van der Waals surface area contributed by atoms with Gasteiger partial charge in [-0.1, -0.05) is 54.4 Å². The van der Waals surface area contributed by atoms with Gasteiger partial charge in [0, 0.05) is 22.0 Å². The van der Waals surface area contributed by atoms with Gasteiger partial charge in [0.2, 0.25) is 5.91 Å². The van der Waals surface area contributed by atoms with Crippen molar-refractivity contribution in [2.45, 2.75) is 73.8 Å². The molecule has 0 aromatic heterocycles. The van der Waals surface area contributed by atoms with Gasteiger partial charge in [0.05, 0.1) is 17.1 Å². The van der Waals surface area contributed by atoms with Crippen LogP contribution in [0, 0.1) is 11.3 Å². The molecule has 3 aliphatic rings. The number of nitrogens with one attached hydrogen (secondary N) is 1. The number of hydrogen-bond donors (Lipinski definition) is 2. The normalized spacial score (nSPS) is 27.8. The van der Waals surface area contributed by atoms with Crippen molar-refractivity contribution >= 4 is 44.9 Å². The molecule has 198 valence electrons. The Morgan fingerprint density at radius 3 is 2.32 bits per heavy atom. The molecule has 1 saturated heterocycles. The Balaban J connectivity index is 1.62. The molecule has 2 saturated carbocycles. The molecule has 1 heterocycles. The van der Waals surface area contributed by atoms with Gasteiger partial charge in [-0.05, 0) is 79.8 Å². The van der Waals surface area contributed by atoms with E-state index in [-0.39, 0.29) is 42.3 Å². The Hall–Kier alpha value is -2.09. The summed E-state index contributed by atoms with van der Waals surface area (Å²) >= 11 is 12.5. The topological polar surface area (TPSA) is 101 Å². The maximum absolute atomic E-state index is 14.3. The van der Waals surface area contributed by atoms with Gasteiger partial charge in [-0.25, -0.2) is 8.42 Å². The summed E-state index contributed by atoms with van der Waals surface area (Å²) in [5.41, 5.74) is 0.440. The van der Waals surface area contributed by atoms with Crippen LogP contribution in [0.4, 0.5) is 0 Å². The smallest absolute Gasteiger partial charge is 0.304 e. The number of halogens is 2. The van der Waals surface area contributed by atoms with E-state index in [0.717, 1.165) is 18.4 Å². The number of carbonyl (C=O) groups excluding carboxylic acids is 1. The molecule has 37 heavy (non-hydrogen) atoms. The highest BCUT2D eigenvalue weighted by atomic mass is 35.5. The fourth-order valence-electron chi connectivity index (χ4n) is 6.25. The molecule has 1 amide bonds. The van der Waals surface area contributed by atoms with Crippen molar-refractivity contribution in [3.8, 4) is 0 Å². The van der Waals surface area contributed by atoms with E-state index in [4.69, 9.17) is 23.2 Å². The van der Waals surface area contributed by atoms with Crippen LogP contribution in [0.1, 0.15) is 68.9 Å². The molecule has 0 radical (unpaired) electrons. The monoisotopic (exact) mass is 563 g/mol. The van der Waals surface area contributed by atoms with Gasteiger partial charge in [0.15, 0.2) is 9.84 Å². The first kappa shape index (κ1) is 26.5. The first-order chi connectivity index (χ1) is 17.5. The highest BCUT2D eigenvalue weighted by Crippen LogP contribution is 2.58. The lowest BCUT2D eigenvalue weighted by Crippen LogP contribution is -2.57. The summed E-state index contributed by atoms with van der Waals surface area (Å²) in [5, 5.41) is 13.3. The lowest BCUT2D eigenvalue weighted by Gasteiger charge is -2.46. The SMILES string of the molecule is CC1(CC(=O)O)CC(c2cccc(Cl)c2)C(CC(c2ccc(Cl)cc2)(C2CC2)S(=O)(=O)C2CC2)NC1=O. The summed E-state index contributed by atoms with van der Waals surface area (Å²) in [6, 6.07) is 13.9. The van der Waals surface area contributed by atoms with Crippen LogP contribution in [0.3, 0.4) is 0 Å². The minimum absolute atomic E-state index is 0.0523. The van der Waals surface area contributed by atoms with Gasteiger partial charge in [-0.2, -0.15) is 0 Å². The molecule has 0 spiro atoms. The minimum Gasteiger partial charge on any atom is -0.481 e. The Morgan fingerprint density at radius 1 is 1.08 bits per heavy atom. The van der Waals surface area contributed by atoms with Gasteiger partial charge in [0.1, 0.15) is 4.75 Å². The number of carboxylic acids is 1. The van der Waals surface area contributed by atoms with E-state index < -0.39 is 32.0 Å². The van der Waals surface area contributed by atoms with E-state index in [1.54, 1.807) is 25.1 Å². The van der Waals surface area contributed by atoms with E-state index in [2.05, 4.69) is 5.32 Å². The first-order valence-corrected chi connectivity index (χ1v) is 15.0. The summed E-state index contributed by atoms with van der Waals surface area (Å²) in [7, 11) is -3.59. The molecular formula is C28H31Cl2NO5S. The highest BCUT2D eigenvalue weighted by molar-refractivity contribution is 7.93. The number of sulfone groups is 1. The van der Waals surface area contributed by atoms with Crippen molar-refractivity contribution in [1.29, 1.82) is 0 Å². The molecule has 2 aliphatic carbocycles. The zero-order valence-electron chi connectivity index (χ0n) is 20.6. The summed E-state index contributed by atoms with van der Waals surface area (Å²) in [6.45, 7) is 1.67. The van der Waals surface area contributed by atoms with Crippen LogP contribution < -0.4 is 5.32 Å². The number of benzene rings is 2. The fourth-order valence-corrected chi connectivity index (χ4v) is 9.50. The average molecular weight is 565 g/mol. The number of piperidine rings is 1. The molecule has 0 bridgehead atoms. The van der Waals surface area contributed by atoms with Crippen LogP contribution in [0.2, 0.25) is 10.0 Å². The van der Waals surface area contributed by atoms with Crippen molar-refractivity contribution in [2.24, 2.45) is 11.3 Å². The second kappa shape index (κ2) is 9.58. The highest BCUT2D eigenvalue weighted by Gasteiger charge is 2.61. The second-order valence-electron chi connectivity index (χ2n) is 11.2. The van der Waals surface area contributed by atoms with Crippen LogP contribution in [0.5, 0.6) is 0 Å². The van der Waals surface area contributed by atoms with E-state index in [9.17, 15) is 23.1 Å². The fraction of sp³-hybridized carbons (Fsp3) is 0.500. The van der Waals surface area contributed by atoms with Gasteiger partial charge in [0.25, 0.3) is 0 Å². The van der Waals surface area contributed by atoms with Gasteiger partial charge >= 0.3 is 5.97 Å². The van der Waals surface area contributed by atoms with E-state index in [1.807, 2.05) is 30.3 Å². The zero-order chi connectivity index (χ0) is 26.6. The molecule has 1 aliphatic heterocycles. The molecule has 4 unspecified atom stereocenters. The van der Waals surface area contributed by atoms with Crippen molar-refractivity contribution in [3.05, 3.63) is 69.7 Å². The van der Waals surface area contributed by atoms with Crippen LogP contribution >= 0.6 is 23.2 Å². The number of carboxylic acid groups (broad SMARTS) is 1. The standard InChI is InChI=1S/C28H31Cl2NO5S/c1-27(16-25(32)33)14-23(17-3-2-4-21(30)13-17)24(31-26(27)34)15-28(18-5-6-18,37(35,36)22-11-12-22)19-7-9-20(29)10-8-19/h2-4,7-10,13,18,22-24H,5-6,11-12,14-16H2,1H3,(H,31,34)(H,32,33). The lowest BCUT2D eigenvalue weighted by atomic mass is 9.67. The first-order valence-electron chi connectivity index (χ1n) is 12.7. The van der Waals surface area contributed by atoms with Gasteiger partial charge < -0.3 is 10.4 Å². The predicted molar refractivity (Wildman–Crippen MR) is 144 cm³/mol. The Bertz CT molecular complexity index is 1320. The van der Waals surface area contributed by atoms with Crippen LogP contribution in [0.25, 0.3) is 0 Å². The molecule has 9 heteroatoms. The van der Waals surface area contributed by atoms with Crippen LogP contribution in [-0.4, -0.2) is 36.7 Å². The molecule has 2 aromatic rings. The summed E-state index contributed by atoms with van der Waals surface area (Å²) in [6.07, 6.45) is 3.08. The average Bonchev–Trinajstić information content (AvgIpc) is 3.73. The Kier molecular flexibility index (Phi) is 6.87. The van der Waals surface area contributed by atoms with Crippen molar-refractivity contribution < 1.29 is 23.1 Å². The van der Waals surface area contributed by atoms with Crippen molar-refractivity contribution in [2.75, 3.05) is 0 Å². The summed E-state index contributed by atoms with van der Waals surface area (Å²) < 4.78 is 27.4. The van der Waals surface area contributed by atoms with Gasteiger partial charge in [-0.15, -0.1) is 0 Å². The maximum atomic E-state index is 14.3. The summed E-state index contributed by atoms with van der Waals surface area (Å²) in [4.78, 5) is 25.0. The Labute approximate surface area is 227 Å². The summed E-state index contributed by atoms with van der Waals surface area (Å²) in [5.74, 6) is -1.77. The maximum Gasteiger partial charge on any atom is 0.304 e. The van der Waals surface area contributed by atoms with Crippen LogP contribution in [0.15, 0.2) is 48.5 Å². The number of amides is 1. The molecule has 2 aromatic carbocycles. The quantitative estimate of drug-likeness (QED) is 0.406. The lowest BCUT2D eigenvalue weighted by molar-refractivity contribution is -0.147. The second-order valence-corrected chi connectivity index (χ2v) is 14.6. The van der Waals surface area contributed by atoms with E-state index in [0.29, 0.717) is 28.5 Å². The minimum atomic E-state index is -3.59. The zero-order valence-corrected chi connectivity index (χ0v) is 23.0. The Morgan fingerprint density at radius 2 is 1.76 bits per heavy atom. The van der Waals surface area contributed by atoms with Crippen LogP contribution in [-0.2, 0) is 24.2 Å². The van der Waals surface area contributed by atoms with Crippen molar-refractivity contribution in [1.82, 2.24) is 5.32 Å². The number of rotatable bonds is 9. The molecule has 6 nitrogen and oxygen atoms in total.